The standard InChI is InChI=1S/C13H23N3O/c1-15-13(10-14)5-3-12(7-13)16-6-4-11(8-16)9-17-2/h11-12,15H,3-9H2,1-2H3. The highest BCUT2D eigenvalue weighted by Gasteiger charge is 2.41. The molecule has 17 heavy (non-hydrogen) atoms. The number of methoxy groups -OCH3 is 1. The maximum absolute atomic E-state index is 9.26. The second-order valence-electron chi connectivity index (χ2n) is 5.45. The average Bonchev–Trinajstić information content (AvgIpc) is 2.96. The molecule has 96 valence electrons. The molecule has 3 atom stereocenters. The van der Waals surface area contributed by atoms with Crippen LogP contribution in [0.1, 0.15) is 25.7 Å². The molecule has 1 N–H and O–H groups in total. The smallest absolute Gasteiger partial charge is 0.108 e. The summed E-state index contributed by atoms with van der Waals surface area (Å²) in [4.78, 5) is 2.56. The molecule has 0 aromatic rings. The van der Waals surface area contributed by atoms with E-state index in [4.69, 9.17) is 4.74 Å². The molecule has 2 fully saturated rings. The average molecular weight is 237 g/mol. The fourth-order valence-electron chi connectivity index (χ4n) is 3.28. The molecule has 1 heterocycles. The third-order valence-electron chi connectivity index (χ3n) is 4.42. The molecule has 1 aliphatic heterocycles. The van der Waals surface area contributed by atoms with E-state index in [1.54, 1.807) is 7.11 Å². The lowest BCUT2D eigenvalue weighted by Gasteiger charge is -2.26. The molecule has 1 saturated heterocycles. The van der Waals surface area contributed by atoms with Gasteiger partial charge in [-0.3, -0.25) is 4.90 Å². The van der Waals surface area contributed by atoms with Crippen LogP contribution in [0, 0.1) is 17.2 Å². The summed E-state index contributed by atoms with van der Waals surface area (Å²) >= 11 is 0. The van der Waals surface area contributed by atoms with E-state index in [1.165, 1.54) is 13.0 Å². The van der Waals surface area contributed by atoms with Crippen LogP contribution < -0.4 is 5.32 Å². The van der Waals surface area contributed by atoms with Crippen LogP contribution in [-0.4, -0.2) is 50.3 Å². The minimum atomic E-state index is -0.274. The number of likely N-dealkylation sites (tertiary alicyclic amines) is 1. The van der Waals surface area contributed by atoms with Gasteiger partial charge in [0.25, 0.3) is 0 Å². The van der Waals surface area contributed by atoms with Gasteiger partial charge in [0.2, 0.25) is 0 Å². The van der Waals surface area contributed by atoms with Gasteiger partial charge in [-0.25, -0.2) is 0 Å². The predicted octanol–water partition coefficient (Wildman–Crippen LogP) is 0.989. The molecule has 0 aromatic carbocycles. The van der Waals surface area contributed by atoms with Crippen LogP contribution in [0.2, 0.25) is 0 Å². The SMILES string of the molecule is CNC1(C#N)CCC(N2CCC(COC)C2)C1. The summed E-state index contributed by atoms with van der Waals surface area (Å²) < 4.78 is 5.23. The van der Waals surface area contributed by atoms with E-state index in [9.17, 15) is 5.26 Å². The van der Waals surface area contributed by atoms with E-state index in [0.717, 1.165) is 32.4 Å². The van der Waals surface area contributed by atoms with Crippen LogP contribution >= 0.6 is 0 Å². The Morgan fingerprint density at radius 3 is 2.94 bits per heavy atom. The largest absolute Gasteiger partial charge is 0.384 e. The van der Waals surface area contributed by atoms with Crippen molar-refractivity contribution in [2.75, 3.05) is 33.9 Å². The number of rotatable bonds is 4. The van der Waals surface area contributed by atoms with E-state index in [0.29, 0.717) is 12.0 Å². The molecule has 0 amide bonds. The topological polar surface area (TPSA) is 48.3 Å². The number of nitrogens with zero attached hydrogens (tertiary/aromatic N) is 2. The molecule has 0 radical (unpaired) electrons. The zero-order valence-electron chi connectivity index (χ0n) is 10.9. The van der Waals surface area contributed by atoms with Gasteiger partial charge in [-0.05, 0) is 45.2 Å². The Bertz CT molecular complexity index is 302. The van der Waals surface area contributed by atoms with Crippen molar-refractivity contribution in [3.05, 3.63) is 0 Å². The van der Waals surface area contributed by atoms with Crippen molar-refractivity contribution in [1.82, 2.24) is 10.2 Å². The summed E-state index contributed by atoms with van der Waals surface area (Å²) in [6.07, 6.45) is 4.34. The van der Waals surface area contributed by atoms with Gasteiger partial charge in [-0.1, -0.05) is 0 Å². The fraction of sp³-hybridized carbons (Fsp3) is 0.923. The Labute approximate surface area is 104 Å². The summed E-state index contributed by atoms with van der Waals surface area (Å²) in [5.41, 5.74) is -0.274. The molecule has 2 aliphatic rings. The van der Waals surface area contributed by atoms with Crippen molar-refractivity contribution in [2.45, 2.75) is 37.3 Å². The van der Waals surface area contributed by atoms with E-state index in [2.05, 4.69) is 16.3 Å². The summed E-state index contributed by atoms with van der Waals surface area (Å²) in [6.45, 7) is 3.19. The van der Waals surface area contributed by atoms with Gasteiger partial charge >= 0.3 is 0 Å². The molecule has 0 bridgehead atoms. The minimum absolute atomic E-state index is 0.274. The van der Waals surface area contributed by atoms with Gasteiger partial charge in [0.1, 0.15) is 5.54 Å². The van der Waals surface area contributed by atoms with Crippen molar-refractivity contribution in [2.24, 2.45) is 5.92 Å². The van der Waals surface area contributed by atoms with E-state index in [-0.39, 0.29) is 5.54 Å². The van der Waals surface area contributed by atoms with Gasteiger partial charge in [0.15, 0.2) is 0 Å². The van der Waals surface area contributed by atoms with Crippen molar-refractivity contribution in [3.8, 4) is 6.07 Å². The lowest BCUT2D eigenvalue weighted by atomic mass is 10.00. The number of ether oxygens (including phenoxy) is 1. The van der Waals surface area contributed by atoms with Crippen molar-refractivity contribution < 1.29 is 4.74 Å². The summed E-state index contributed by atoms with van der Waals surface area (Å²) in [7, 11) is 3.68. The Morgan fingerprint density at radius 1 is 1.53 bits per heavy atom. The zero-order chi connectivity index (χ0) is 12.3. The Balaban J connectivity index is 1.88. The first-order valence-corrected chi connectivity index (χ1v) is 6.56. The molecule has 4 heteroatoms. The van der Waals surface area contributed by atoms with Crippen molar-refractivity contribution in [3.63, 3.8) is 0 Å². The first kappa shape index (κ1) is 12.8. The van der Waals surface area contributed by atoms with Crippen LogP contribution in [0.3, 0.4) is 0 Å². The van der Waals surface area contributed by atoms with Crippen LogP contribution in [-0.2, 0) is 4.74 Å². The number of hydrogen-bond donors (Lipinski definition) is 1. The van der Waals surface area contributed by atoms with Gasteiger partial charge in [-0.2, -0.15) is 5.26 Å². The lowest BCUT2D eigenvalue weighted by molar-refractivity contribution is 0.146. The second-order valence-corrected chi connectivity index (χ2v) is 5.45. The number of nitrogens with one attached hydrogen (secondary N) is 1. The van der Waals surface area contributed by atoms with Gasteiger partial charge in [0, 0.05) is 19.7 Å². The number of hydrogen-bond acceptors (Lipinski definition) is 4. The van der Waals surface area contributed by atoms with Crippen LogP contribution in [0.15, 0.2) is 0 Å². The Kier molecular flexibility index (Phi) is 4.03. The quantitative estimate of drug-likeness (QED) is 0.792. The Hall–Kier alpha value is -0.630. The van der Waals surface area contributed by atoms with Gasteiger partial charge in [-0.15, -0.1) is 0 Å². The highest BCUT2D eigenvalue weighted by atomic mass is 16.5. The van der Waals surface area contributed by atoms with E-state index >= 15 is 0 Å². The highest BCUT2D eigenvalue weighted by molar-refractivity contribution is 5.13. The van der Waals surface area contributed by atoms with E-state index < -0.39 is 0 Å². The van der Waals surface area contributed by atoms with Crippen molar-refractivity contribution >= 4 is 0 Å². The molecule has 0 spiro atoms. The molecular formula is C13H23N3O. The highest BCUT2D eigenvalue weighted by Crippen LogP contribution is 2.34. The van der Waals surface area contributed by atoms with Crippen molar-refractivity contribution in [1.29, 1.82) is 5.26 Å². The monoisotopic (exact) mass is 237 g/mol. The summed E-state index contributed by atoms with van der Waals surface area (Å²) in [5, 5.41) is 12.5. The fourth-order valence-corrected chi connectivity index (χ4v) is 3.28. The second kappa shape index (κ2) is 5.34. The third kappa shape index (κ3) is 2.62. The summed E-state index contributed by atoms with van der Waals surface area (Å²) in [5.74, 6) is 0.687. The third-order valence-corrected chi connectivity index (χ3v) is 4.42. The zero-order valence-corrected chi connectivity index (χ0v) is 10.9. The molecular weight excluding hydrogens is 214 g/mol. The van der Waals surface area contributed by atoms with Crippen LogP contribution in [0.5, 0.6) is 0 Å². The van der Waals surface area contributed by atoms with Gasteiger partial charge in [0.05, 0.1) is 12.7 Å². The summed E-state index contributed by atoms with van der Waals surface area (Å²) in [6, 6.07) is 3.04. The molecule has 0 aromatic heterocycles. The van der Waals surface area contributed by atoms with E-state index in [1.807, 2.05) is 7.05 Å². The molecule has 1 saturated carbocycles. The normalized spacial score (nSPS) is 38.4. The predicted molar refractivity (Wildman–Crippen MR) is 66.6 cm³/mol. The molecule has 2 rings (SSSR count). The molecule has 3 unspecified atom stereocenters. The van der Waals surface area contributed by atoms with Crippen LogP contribution in [0.4, 0.5) is 0 Å². The Morgan fingerprint density at radius 2 is 2.35 bits per heavy atom. The minimum Gasteiger partial charge on any atom is -0.384 e. The maximum atomic E-state index is 9.26. The maximum Gasteiger partial charge on any atom is 0.108 e. The molecule has 4 nitrogen and oxygen atoms in total. The number of nitriles is 1. The van der Waals surface area contributed by atoms with Crippen LogP contribution in [0.25, 0.3) is 0 Å². The first-order chi connectivity index (χ1) is 8.23. The molecule has 1 aliphatic carbocycles. The van der Waals surface area contributed by atoms with Gasteiger partial charge < -0.3 is 10.1 Å². The first-order valence-electron chi connectivity index (χ1n) is 6.56. The lowest BCUT2D eigenvalue weighted by Crippen LogP contribution is -2.41.